The first-order valence-corrected chi connectivity index (χ1v) is 14.2. The summed E-state index contributed by atoms with van der Waals surface area (Å²) in [5.41, 5.74) is 5.56. The quantitative estimate of drug-likeness (QED) is 0.0743. The molecule has 18 heteroatoms. The van der Waals surface area contributed by atoms with Gasteiger partial charge >= 0.3 is 11.9 Å². The number of thiazole rings is 1. The van der Waals surface area contributed by atoms with Gasteiger partial charge in [-0.1, -0.05) is 28.3 Å². The van der Waals surface area contributed by atoms with Crippen molar-refractivity contribution in [2.75, 3.05) is 23.8 Å². The number of fused-ring (bicyclic) bond motifs is 1. The zero-order valence-electron chi connectivity index (χ0n) is 18.9. The number of nitrogens with two attached hydrogens (primary N) is 1. The van der Waals surface area contributed by atoms with Gasteiger partial charge in [-0.25, -0.2) is 9.78 Å². The first-order valence-electron chi connectivity index (χ1n) is 10.5. The van der Waals surface area contributed by atoms with Crippen LogP contribution in [0.5, 0.6) is 0 Å². The molecule has 4 heterocycles. The molecule has 2 atom stereocenters. The fraction of sp³-hybridized carbons (Fsp3) is 0.368. The third-order valence-corrected chi connectivity index (χ3v) is 9.19. The first kappa shape index (κ1) is 26.8. The molecule has 196 valence electrons. The smallest absolute Gasteiger partial charge is 0.352 e. The lowest BCUT2D eigenvalue weighted by Gasteiger charge is -2.49. The van der Waals surface area contributed by atoms with Crippen LogP contribution >= 0.6 is 46.2 Å². The molecule has 37 heavy (non-hydrogen) atoms. The summed E-state index contributed by atoms with van der Waals surface area (Å²) in [5.74, 6) is -2.59. The van der Waals surface area contributed by atoms with Crippen molar-refractivity contribution in [2.45, 2.75) is 29.1 Å². The number of thioether (sulfide) groups is 2. The monoisotopic (exact) mass is 585 g/mol. The number of carbonyl (C=O) groups is 4. The van der Waals surface area contributed by atoms with Crippen LogP contribution in [0.2, 0.25) is 0 Å². The van der Waals surface area contributed by atoms with E-state index in [2.05, 4.69) is 25.7 Å². The molecule has 2 aliphatic rings. The molecule has 2 amide bonds. The number of nitrogen functional groups attached to an aromatic ring is 1. The number of esters is 1. The molecule has 4 rings (SSSR count). The van der Waals surface area contributed by atoms with Crippen LogP contribution in [0, 0.1) is 0 Å². The lowest BCUT2D eigenvalue weighted by atomic mass is 10.0. The Morgan fingerprint density at radius 3 is 2.81 bits per heavy atom. The van der Waals surface area contributed by atoms with Gasteiger partial charge in [-0.05, 0) is 12.5 Å². The summed E-state index contributed by atoms with van der Waals surface area (Å²) in [6.45, 7) is 1.97. The zero-order chi connectivity index (χ0) is 26.7. The Balaban J connectivity index is 1.42. The molecule has 14 nitrogen and oxygen atoms in total. The van der Waals surface area contributed by atoms with Crippen molar-refractivity contribution < 1.29 is 34.2 Å². The van der Waals surface area contributed by atoms with Gasteiger partial charge in [0, 0.05) is 16.9 Å². The molecule has 0 saturated carbocycles. The number of carboxylic acid groups (broad SMARTS) is 1. The highest BCUT2D eigenvalue weighted by Crippen LogP contribution is 2.41. The van der Waals surface area contributed by atoms with E-state index in [0.29, 0.717) is 20.7 Å². The lowest BCUT2D eigenvalue weighted by Crippen LogP contribution is -2.71. The number of β-lactam (4-membered cyclic amide) rings is 1. The minimum atomic E-state index is -1.27. The zero-order valence-corrected chi connectivity index (χ0v) is 22.2. The predicted octanol–water partition coefficient (Wildman–Crippen LogP) is 0.392. The Labute approximate surface area is 225 Å². The minimum Gasteiger partial charge on any atom is -0.477 e. The Morgan fingerprint density at radius 1 is 1.38 bits per heavy atom. The van der Waals surface area contributed by atoms with E-state index in [1.807, 2.05) is 0 Å². The Morgan fingerprint density at radius 2 is 2.16 bits per heavy atom. The third kappa shape index (κ3) is 5.71. The highest BCUT2D eigenvalue weighted by atomic mass is 32.2. The number of anilines is 1. The number of nitrogens with zero attached hydrogens (tertiary/aromatic N) is 5. The van der Waals surface area contributed by atoms with Gasteiger partial charge < -0.3 is 26.1 Å². The number of aromatic nitrogens is 3. The summed E-state index contributed by atoms with van der Waals surface area (Å²) in [6.07, 6.45) is 0.000615. The molecule has 0 aromatic carbocycles. The maximum atomic E-state index is 12.9. The average Bonchev–Trinajstić information content (AvgIpc) is 3.49. The fourth-order valence-corrected chi connectivity index (χ4v) is 7.38. The fourth-order valence-electron chi connectivity index (χ4n) is 3.47. The standard InChI is InChI=1S/C19H19N7O7S4/c1-2-33-10(27)3-9-23-24-19(37-9)36-5-7-4-34-16-12(15(29)26(16)13(7)17(30)31)22-14(28)11(25-32)8-6-35-18(20)21-8/h6,12,16,32H,2-5H2,1H3,(H2,20,21)(H,22,28)(H,30,31)/b25-11+. The predicted molar refractivity (Wildman–Crippen MR) is 136 cm³/mol. The summed E-state index contributed by atoms with van der Waals surface area (Å²) in [7, 11) is 0. The van der Waals surface area contributed by atoms with Crippen molar-refractivity contribution in [1.82, 2.24) is 25.4 Å². The molecule has 2 aromatic rings. The molecular weight excluding hydrogens is 567 g/mol. The van der Waals surface area contributed by atoms with E-state index >= 15 is 0 Å². The molecule has 5 N–H and O–H groups in total. The molecule has 0 radical (unpaired) electrons. The van der Waals surface area contributed by atoms with Crippen molar-refractivity contribution in [2.24, 2.45) is 5.16 Å². The number of ether oxygens (including phenoxy) is 1. The Bertz CT molecular complexity index is 1310. The van der Waals surface area contributed by atoms with Gasteiger partial charge in [-0.3, -0.25) is 19.3 Å². The van der Waals surface area contributed by atoms with Crippen LogP contribution < -0.4 is 11.1 Å². The number of rotatable bonds is 10. The van der Waals surface area contributed by atoms with Gasteiger partial charge in [0.05, 0.1) is 13.0 Å². The largest absolute Gasteiger partial charge is 0.477 e. The van der Waals surface area contributed by atoms with Crippen molar-refractivity contribution in [3.05, 3.63) is 27.4 Å². The second kappa shape index (κ2) is 11.4. The van der Waals surface area contributed by atoms with Crippen LogP contribution in [0.3, 0.4) is 0 Å². The van der Waals surface area contributed by atoms with E-state index in [1.54, 1.807) is 6.92 Å². The number of hydrogen-bond acceptors (Lipinski definition) is 15. The van der Waals surface area contributed by atoms with Crippen LogP contribution in [0.1, 0.15) is 17.6 Å². The number of aliphatic carboxylic acids is 1. The molecule has 2 aliphatic heterocycles. The molecule has 0 aliphatic carbocycles. The van der Waals surface area contributed by atoms with E-state index < -0.39 is 40.9 Å². The molecule has 0 bridgehead atoms. The number of oxime groups is 1. The van der Waals surface area contributed by atoms with E-state index in [0.717, 1.165) is 16.2 Å². The van der Waals surface area contributed by atoms with Crippen molar-refractivity contribution in [3.8, 4) is 0 Å². The minimum absolute atomic E-state index is 0.000615. The number of nitrogens with one attached hydrogen (secondary N) is 1. The van der Waals surface area contributed by atoms with E-state index in [9.17, 15) is 29.5 Å². The van der Waals surface area contributed by atoms with Gasteiger partial charge in [0.25, 0.3) is 11.8 Å². The maximum Gasteiger partial charge on any atom is 0.352 e. The van der Waals surface area contributed by atoms with Gasteiger partial charge in [0.15, 0.2) is 15.2 Å². The topological polar surface area (TPSA) is 210 Å². The molecule has 1 saturated heterocycles. The second-order valence-electron chi connectivity index (χ2n) is 7.37. The summed E-state index contributed by atoms with van der Waals surface area (Å²) < 4.78 is 5.44. The van der Waals surface area contributed by atoms with Gasteiger partial charge in [0.1, 0.15) is 27.8 Å². The molecule has 0 spiro atoms. The van der Waals surface area contributed by atoms with Gasteiger partial charge in [-0.15, -0.1) is 33.3 Å². The molecule has 2 unspecified atom stereocenters. The Kier molecular flexibility index (Phi) is 8.30. The second-order valence-corrected chi connectivity index (χ2v) is 11.6. The number of amides is 2. The molecule has 2 aromatic heterocycles. The summed E-state index contributed by atoms with van der Waals surface area (Å²) in [6, 6.07) is -1.01. The average molecular weight is 586 g/mol. The van der Waals surface area contributed by atoms with Crippen molar-refractivity contribution in [3.63, 3.8) is 0 Å². The van der Waals surface area contributed by atoms with Crippen LogP contribution in [0.15, 0.2) is 26.1 Å². The Hall–Kier alpha value is -3.22. The molecular formula is C19H19N7O7S4. The van der Waals surface area contributed by atoms with Crippen LogP contribution in [0.25, 0.3) is 0 Å². The third-order valence-electron chi connectivity index (χ3n) is 5.04. The van der Waals surface area contributed by atoms with E-state index in [4.69, 9.17) is 10.5 Å². The number of carbonyl (C=O) groups excluding carboxylic acids is 3. The number of carboxylic acids is 1. The van der Waals surface area contributed by atoms with Crippen LogP contribution in [-0.4, -0.2) is 89.4 Å². The van der Waals surface area contributed by atoms with Gasteiger partial charge in [-0.2, -0.15) is 0 Å². The SMILES string of the molecule is CCOC(=O)Cc1nnc(SCC2=C(C(=O)O)N3C(=O)C(NC(=O)/C(=N/O)c4csc(N)n4)C3SC2)s1. The van der Waals surface area contributed by atoms with Crippen molar-refractivity contribution in [1.29, 1.82) is 0 Å². The van der Waals surface area contributed by atoms with Crippen LogP contribution in [0.4, 0.5) is 5.13 Å². The van der Waals surface area contributed by atoms with Gasteiger partial charge in [0.2, 0.25) is 0 Å². The summed E-state index contributed by atoms with van der Waals surface area (Å²) in [5, 5.41) is 34.0. The highest BCUT2D eigenvalue weighted by molar-refractivity contribution is 8.01. The highest BCUT2D eigenvalue weighted by Gasteiger charge is 2.54. The summed E-state index contributed by atoms with van der Waals surface area (Å²) in [4.78, 5) is 54.2. The van der Waals surface area contributed by atoms with Crippen molar-refractivity contribution >= 4 is 80.8 Å². The van der Waals surface area contributed by atoms with E-state index in [1.165, 1.54) is 40.2 Å². The van der Waals surface area contributed by atoms with E-state index in [-0.39, 0.29) is 35.3 Å². The first-order chi connectivity index (χ1) is 17.7. The lowest BCUT2D eigenvalue weighted by molar-refractivity contribution is -0.150. The normalized spacial score (nSPS) is 19.3. The molecule has 1 fully saturated rings. The summed E-state index contributed by atoms with van der Waals surface area (Å²) >= 11 is 4.80. The maximum absolute atomic E-state index is 12.9. The van der Waals surface area contributed by atoms with Crippen LogP contribution in [-0.2, 0) is 30.3 Å². The number of hydrogen-bond donors (Lipinski definition) is 4.